The Morgan fingerprint density at radius 2 is 1.88 bits per heavy atom. The second-order valence-corrected chi connectivity index (χ2v) is 6.58. The molecular formula is C15H25NS. The van der Waals surface area contributed by atoms with Crippen molar-refractivity contribution in [2.75, 3.05) is 12.3 Å². The summed E-state index contributed by atoms with van der Waals surface area (Å²) in [5, 5.41) is 0. The molecule has 0 aromatic heterocycles. The number of rotatable bonds is 7. The van der Waals surface area contributed by atoms with Gasteiger partial charge in [-0.05, 0) is 49.1 Å². The zero-order valence-corrected chi connectivity index (χ0v) is 12.1. The predicted octanol–water partition coefficient (Wildman–Crippen LogP) is 4.24. The van der Waals surface area contributed by atoms with Crippen molar-refractivity contribution in [3.8, 4) is 0 Å². The van der Waals surface area contributed by atoms with E-state index in [4.69, 9.17) is 5.73 Å². The molecule has 0 bridgehead atoms. The molecule has 0 aliphatic heterocycles. The van der Waals surface area contributed by atoms with Crippen molar-refractivity contribution in [2.45, 2.75) is 44.9 Å². The van der Waals surface area contributed by atoms with Crippen LogP contribution in [0.25, 0.3) is 0 Å². The van der Waals surface area contributed by atoms with Crippen molar-refractivity contribution in [1.82, 2.24) is 0 Å². The summed E-state index contributed by atoms with van der Waals surface area (Å²) in [7, 11) is 0. The maximum absolute atomic E-state index is 5.73. The van der Waals surface area contributed by atoms with E-state index in [0.29, 0.717) is 5.41 Å². The fourth-order valence-corrected chi connectivity index (χ4v) is 2.75. The first-order valence-corrected chi connectivity index (χ1v) is 7.42. The highest BCUT2D eigenvalue weighted by Crippen LogP contribution is 2.25. The maximum atomic E-state index is 5.73. The van der Waals surface area contributed by atoms with E-state index in [1.807, 2.05) is 11.8 Å². The van der Waals surface area contributed by atoms with Crippen LogP contribution in [-0.4, -0.2) is 12.3 Å². The van der Waals surface area contributed by atoms with E-state index < -0.39 is 0 Å². The molecule has 1 aromatic carbocycles. The minimum Gasteiger partial charge on any atom is -0.330 e. The van der Waals surface area contributed by atoms with Crippen LogP contribution < -0.4 is 5.73 Å². The van der Waals surface area contributed by atoms with Crippen LogP contribution in [0.1, 0.15) is 38.7 Å². The molecule has 1 rings (SSSR count). The van der Waals surface area contributed by atoms with Gasteiger partial charge in [0.25, 0.3) is 0 Å². The lowest BCUT2D eigenvalue weighted by Gasteiger charge is -2.21. The Hall–Kier alpha value is -0.470. The van der Waals surface area contributed by atoms with Crippen molar-refractivity contribution >= 4 is 11.8 Å². The van der Waals surface area contributed by atoms with Gasteiger partial charge in [-0.1, -0.05) is 38.5 Å². The van der Waals surface area contributed by atoms with Crippen LogP contribution >= 0.6 is 11.8 Å². The third-order valence-corrected chi connectivity index (χ3v) is 4.41. The van der Waals surface area contributed by atoms with E-state index in [1.54, 1.807) is 0 Å². The van der Waals surface area contributed by atoms with Gasteiger partial charge >= 0.3 is 0 Å². The summed E-state index contributed by atoms with van der Waals surface area (Å²) in [5.74, 6) is 1.21. The van der Waals surface area contributed by atoms with Crippen molar-refractivity contribution in [3.63, 3.8) is 0 Å². The van der Waals surface area contributed by atoms with Gasteiger partial charge in [0.05, 0.1) is 0 Å². The maximum Gasteiger partial charge on any atom is 0.0101 e. The summed E-state index contributed by atoms with van der Waals surface area (Å²) >= 11 is 1.97. The monoisotopic (exact) mass is 251 g/mol. The van der Waals surface area contributed by atoms with E-state index in [9.17, 15) is 0 Å². The van der Waals surface area contributed by atoms with Gasteiger partial charge in [-0.3, -0.25) is 0 Å². The standard InChI is InChI=1S/C15H25NS/c1-13-8-4-5-9-14(13)17-11-7-6-10-15(2,3)12-16/h4-5,8-9H,6-7,10-12,16H2,1-3H3. The fourth-order valence-electron chi connectivity index (χ4n) is 1.71. The Morgan fingerprint density at radius 3 is 2.53 bits per heavy atom. The first-order valence-electron chi connectivity index (χ1n) is 6.44. The second kappa shape index (κ2) is 7.07. The molecule has 1 aromatic rings. The Bertz CT molecular complexity index is 333. The molecule has 0 radical (unpaired) electrons. The Kier molecular flexibility index (Phi) is 6.07. The van der Waals surface area contributed by atoms with Crippen molar-refractivity contribution in [2.24, 2.45) is 11.1 Å². The number of benzene rings is 1. The van der Waals surface area contributed by atoms with Crippen molar-refractivity contribution < 1.29 is 0 Å². The number of nitrogens with two attached hydrogens (primary N) is 1. The number of hydrogen-bond donors (Lipinski definition) is 1. The Morgan fingerprint density at radius 1 is 1.18 bits per heavy atom. The number of aryl methyl sites for hydroxylation is 1. The van der Waals surface area contributed by atoms with Crippen LogP contribution in [0.15, 0.2) is 29.2 Å². The van der Waals surface area contributed by atoms with Gasteiger partial charge in [-0.25, -0.2) is 0 Å². The number of hydrogen-bond acceptors (Lipinski definition) is 2. The average molecular weight is 251 g/mol. The third kappa shape index (κ3) is 5.60. The molecule has 17 heavy (non-hydrogen) atoms. The highest BCUT2D eigenvalue weighted by atomic mass is 32.2. The first kappa shape index (κ1) is 14.6. The van der Waals surface area contributed by atoms with Crippen LogP contribution in [-0.2, 0) is 0 Å². The van der Waals surface area contributed by atoms with Gasteiger partial charge in [-0.15, -0.1) is 11.8 Å². The summed E-state index contributed by atoms with van der Waals surface area (Å²) in [6.45, 7) is 7.47. The van der Waals surface area contributed by atoms with E-state index in [2.05, 4.69) is 45.0 Å². The molecule has 0 fully saturated rings. The lowest BCUT2D eigenvalue weighted by atomic mass is 9.88. The molecule has 1 nitrogen and oxygen atoms in total. The van der Waals surface area contributed by atoms with E-state index in [1.165, 1.54) is 35.5 Å². The van der Waals surface area contributed by atoms with Crippen LogP contribution in [0.4, 0.5) is 0 Å². The second-order valence-electron chi connectivity index (χ2n) is 5.44. The predicted molar refractivity (Wildman–Crippen MR) is 78.6 cm³/mol. The Balaban J connectivity index is 2.19. The van der Waals surface area contributed by atoms with Gasteiger partial charge in [-0.2, -0.15) is 0 Å². The molecule has 0 spiro atoms. The molecule has 0 amide bonds. The largest absolute Gasteiger partial charge is 0.330 e. The van der Waals surface area contributed by atoms with Crippen LogP contribution in [0.2, 0.25) is 0 Å². The summed E-state index contributed by atoms with van der Waals surface area (Å²) in [4.78, 5) is 1.42. The molecule has 0 aliphatic rings. The van der Waals surface area contributed by atoms with Crippen LogP contribution in [0.5, 0.6) is 0 Å². The molecule has 0 saturated carbocycles. The number of unbranched alkanes of at least 4 members (excludes halogenated alkanes) is 1. The quantitative estimate of drug-likeness (QED) is 0.579. The summed E-state index contributed by atoms with van der Waals surface area (Å²) in [5.41, 5.74) is 7.43. The average Bonchev–Trinajstić information content (AvgIpc) is 2.31. The summed E-state index contributed by atoms with van der Waals surface area (Å²) in [6.07, 6.45) is 3.79. The van der Waals surface area contributed by atoms with E-state index in [-0.39, 0.29) is 0 Å². The lowest BCUT2D eigenvalue weighted by Crippen LogP contribution is -2.23. The fraction of sp³-hybridized carbons (Fsp3) is 0.600. The topological polar surface area (TPSA) is 26.0 Å². The van der Waals surface area contributed by atoms with Crippen LogP contribution in [0.3, 0.4) is 0 Å². The van der Waals surface area contributed by atoms with Gasteiger partial charge in [0.1, 0.15) is 0 Å². The SMILES string of the molecule is Cc1ccccc1SCCCCC(C)(C)CN. The normalized spacial score (nSPS) is 11.8. The van der Waals surface area contributed by atoms with Gasteiger partial charge in [0, 0.05) is 4.90 Å². The minimum atomic E-state index is 0.313. The van der Waals surface area contributed by atoms with E-state index in [0.717, 1.165) is 6.54 Å². The molecule has 2 N–H and O–H groups in total. The third-order valence-electron chi connectivity index (χ3n) is 3.15. The minimum absolute atomic E-state index is 0.313. The zero-order chi connectivity index (χ0) is 12.7. The van der Waals surface area contributed by atoms with E-state index >= 15 is 0 Å². The number of thioether (sulfide) groups is 1. The van der Waals surface area contributed by atoms with Crippen molar-refractivity contribution in [3.05, 3.63) is 29.8 Å². The molecule has 0 unspecified atom stereocenters. The van der Waals surface area contributed by atoms with Gasteiger partial charge in [0.2, 0.25) is 0 Å². The molecule has 0 aliphatic carbocycles. The first-order chi connectivity index (χ1) is 8.05. The zero-order valence-electron chi connectivity index (χ0n) is 11.3. The van der Waals surface area contributed by atoms with Crippen molar-refractivity contribution in [1.29, 1.82) is 0 Å². The van der Waals surface area contributed by atoms with Crippen LogP contribution in [0, 0.1) is 12.3 Å². The summed E-state index contributed by atoms with van der Waals surface area (Å²) in [6, 6.07) is 8.61. The summed E-state index contributed by atoms with van der Waals surface area (Å²) < 4.78 is 0. The Labute approximate surface area is 110 Å². The molecule has 0 atom stereocenters. The van der Waals surface area contributed by atoms with Gasteiger partial charge in [0.15, 0.2) is 0 Å². The molecular weight excluding hydrogens is 226 g/mol. The highest BCUT2D eigenvalue weighted by Gasteiger charge is 2.14. The molecule has 0 saturated heterocycles. The highest BCUT2D eigenvalue weighted by molar-refractivity contribution is 7.99. The molecule has 0 heterocycles. The molecule has 2 heteroatoms. The lowest BCUT2D eigenvalue weighted by molar-refractivity contribution is 0.336. The molecule has 96 valence electrons. The smallest absolute Gasteiger partial charge is 0.0101 e. The van der Waals surface area contributed by atoms with Gasteiger partial charge < -0.3 is 5.73 Å².